The van der Waals surface area contributed by atoms with Crippen LogP contribution in [0.25, 0.3) is 0 Å². The molecule has 11 nitrogen and oxygen atoms in total. The summed E-state index contributed by atoms with van der Waals surface area (Å²) in [7, 11) is -2.21. The number of methoxy groups -OCH3 is 1. The molecular weight excluding hydrogens is 506 g/mol. The molecule has 2 aliphatic heterocycles. The van der Waals surface area contributed by atoms with Crippen molar-refractivity contribution in [3.63, 3.8) is 0 Å². The van der Waals surface area contributed by atoms with E-state index in [2.05, 4.69) is 20.7 Å². The summed E-state index contributed by atoms with van der Waals surface area (Å²) < 4.78 is 43.7. The maximum atomic E-state index is 13.2. The number of nitrogens with one attached hydrogen (secondary N) is 2. The zero-order valence-electron chi connectivity index (χ0n) is 19.8. The second-order valence-corrected chi connectivity index (χ2v) is 10.4. The van der Waals surface area contributed by atoms with E-state index in [1.165, 1.54) is 23.7 Å². The summed E-state index contributed by atoms with van der Waals surface area (Å²) in [6.07, 6.45) is 1.50. The van der Waals surface area contributed by atoms with E-state index in [1.54, 1.807) is 30.3 Å². The lowest BCUT2D eigenvalue weighted by Gasteiger charge is -2.31. The van der Waals surface area contributed by atoms with Crippen molar-refractivity contribution in [2.75, 3.05) is 69.9 Å². The minimum Gasteiger partial charge on any atom is -0.504 e. The fourth-order valence-electron chi connectivity index (χ4n) is 3.89. The van der Waals surface area contributed by atoms with Gasteiger partial charge < -0.3 is 29.5 Å². The van der Waals surface area contributed by atoms with Crippen molar-refractivity contribution in [3.05, 3.63) is 42.0 Å². The third-order valence-electron chi connectivity index (χ3n) is 5.76. The highest BCUT2D eigenvalue weighted by Gasteiger charge is 2.28. The summed E-state index contributed by atoms with van der Waals surface area (Å²) >= 11 is 5.41. The van der Waals surface area contributed by atoms with Crippen LogP contribution in [-0.4, -0.2) is 88.9 Å². The highest BCUT2D eigenvalue weighted by Crippen LogP contribution is 2.31. The van der Waals surface area contributed by atoms with E-state index in [-0.39, 0.29) is 15.8 Å². The zero-order valence-corrected chi connectivity index (χ0v) is 21.5. The van der Waals surface area contributed by atoms with Crippen LogP contribution in [0.1, 0.15) is 5.56 Å². The molecule has 0 atom stereocenters. The summed E-state index contributed by atoms with van der Waals surface area (Å²) in [5.74, 6) is 0.357. The van der Waals surface area contributed by atoms with Crippen molar-refractivity contribution >= 4 is 44.9 Å². The van der Waals surface area contributed by atoms with Gasteiger partial charge in [-0.05, 0) is 54.2 Å². The van der Waals surface area contributed by atoms with Gasteiger partial charge in [-0.15, -0.1) is 0 Å². The molecule has 0 aliphatic carbocycles. The highest BCUT2D eigenvalue weighted by molar-refractivity contribution is 7.89. The largest absolute Gasteiger partial charge is 0.504 e. The molecule has 0 aromatic heterocycles. The van der Waals surface area contributed by atoms with Gasteiger partial charge in [-0.25, -0.2) is 8.42 Å². The Morgan fingerprint density at radius 1 is 1.08 bits per heavy atom. The lowest BCUT2D eigenvalue weighted by Crippen LogP contribution is -2.40. The molecule has 2 aromatic carbocycles. The van der Waals surface area contributed by atoms with E-state index in [1.807, 2.05) is 0 Å². The molecule has 2 aliphatic rings. The van der Waals surface area contributed by atoms with Crippen LogP contribution in [-0.2, 0) is 19.5 Å². The Kier molecular flexibility index (Phi) is 8.59. The number of hydrazone groups is 1. The van der Waals surface area contributed by atoms with Crippen LogP contribution in [0, 0.1) is 0 Å². The number of aromatic hydroxyl groups is 1. The van der Waals surface area contributed by atoms with Crippen LogP contribution in [0.2, 0.25) is 0 Å². The molecule has 0 radical (unpaired) electrons. The predicted octanol–water partition coefficient (Wildman–Crippen LogP) is 1.58. The van der Waals surface area contributed by atoms with Gasteiger partial charge in [0, 0.05) is 26.2 Å². The third kappa shape index (κ3) is 6.23. The van der Waals surface area contributed by atoms with Crippen molar-refractivity contribution in [2.24, 2.45) is 5.10 Å². The van der Waals surface area contributed by atoms with Crippen LogP contribution in [0.5, 0.6) is 11.5 Å². The summed E-state index contributed by atoms with van der Waals surface area (Å²) in [6.45, 7) is 3.86. The fraction of sp³-hybridized carbons (Fsp3) is 0.391. The molecule has 4 rings (SSSR count). The lowest BCUT2D eigenvalue weighted by molar-refractivity contribution is 0.0730. The number of phenolic OH excluding ortho intramolecular Hbond substituents is 1. The Morgan fingerprint density at radius 3 is 2.44 bits per heavy atom. The molecule has 0 unspecified atom stereocenters. The molecular formula is C23H29N5O6S2. The first-order valence-corrected chi connectivity index (χ1v) is 13.2. The number of hydrogen-bond acceptors (Lipinski definition) is 9. The van der Waals surface area contributed by atoms with Crippen molar-refractivity contribution in [1.29, 1.82) is 0 Å². The number of benzene rings is 2. The van der Waals surface area contributed by atoms with Crippen molar-refractivity contribution < 1.29 is 27.7 Å². The zero-order chi connectivity index (χ0) is 25.5. The van der Waals surface area contributed by atoms with Gasteiger partial charge in [-0.2, -0.15) is 9.41 Å². The number of thiocarbonyl (C=S) groups is 1. The van der Waals surface area contributed by atoms with E-state index >= 15 is 0 Å². The number of ether oxygens (including phenoxy) is 3. The molecule has 3 N–H and O–H groups in total. The molecule has 36 heavy (non-hydrogen) atoms. The van der Waals surface area contributed by atoms with Gasteiger partial charge in [0.15, 0.2) is 16.6 Å². The summed E-state index contributed by atoms with van der Waals surface area (Å²) in [5, 5.41) is 17.3. The topological polar surface area (TPSA) is 125 Å². The quantitative estimate of drug-likeness (QED) is 0.273. The lowest BCUT2D eigenvalue weighted by atomic mass is 10.2. The maximum absolute atomic E-state index is 13.2. The van der Waals surface area contributed by atoms with Crippen LogP contribution < -0.4 is 20.4 Å². The van der Waals surface area contributed by atoms with Crippen LogP contribution in [0.3, 0.4) is 0 Å². The van der Waals surface area contributed by atoms with Gasteiger partial charge in [0.1, 0.15) is 0 Å². The molecule has 0 bridgehead atoms. The van der Waals surface area contributed by atoms with Gasteiger partial charge >= 0.3 is 0 Å². The Bertz CT molecular complexity index is 1210. The van der Waals surface area contributed by atoms with Gasteiger partial charge in [-0.3, -0.25) is 5.43 Å². The van der Waals surface area contributed by atoms with Gasteiger partial charge in [-0.1, -0.05) is 0 Å². The van der Waals surface area contributed by atoms with E-state index in [9.17, 15) is 13.5 Å². The SMILES string of the molecule is COc1ccc(/C=N\NC(=S)Nc2cc(S(=O)(=O)N3CCOCC3)ccc2N2CCOCC2)cc1O. The van der Waals surface area contributed by atoms with Crippen LogP contribution in [0.15, 0.2) is 46.4 Å². The molecule has 0 amide bonds. The minimum absolute atomic E-state index is 0.00408. The highest BCUT2D eigenvalue weighted by atomic mass is 32.2. The van der Waals surface area contributed by atoms with E-state index < -0.39 is 10.0 Å². The molecule has 194 valence electrons. The maximum Gasteiger partial charge on any atom is 0.243 e. The molecule has 13 heteroatoms. The monoisotopic (exact) mass is 535 g/mol. The van der Waals surface area contributed by atoms with Crippen molar-refractivity contribution in [2.45, 2.75) is 4.90 Å². The Hall–Kier alpha value is -2.97. The number of sulfonamides is 1. The van der Waals surface area contributed by atoms with Gasteiger partial charge in [0.25, 0.3) is 0 Å². The third-order valence-corrected chi connectivity index (χ3v) is 7.85. The molecule has 2 fully saturated rings. The molecule has 2 aromatic rings. The number of rotatable bonds is 7. The average molecular weight is 536 g/mol. The van der Waals surface area contributed by atoms with Crippen LogP contribution in [0.4, 0.5) is 11.4 Å². The Balaban J connectivity index is 1.53. The van der Waals surface area contributed by atoms with Crippen molar-refractivity contribution in [1.82, 2.24) is 9.73 Å². The van der Waals surface area contributed by atoms with E-state index in [0.717, 1.165) is 5.69 Å². The van der Waals surface area contributed by atoms with Crippen LogP contribution >= 0.6 is 12.2 Å². The molecule has 2 saturated heterocycles. The molecule has 2 heterocycles. The Morgan fingerprint density at radius 2 is 1.78 bits per heavy atom. The summed E-state index contributed by atoms with van der Waals surface area (Å²) in [6, 6.07) is 9.86. The van der Waals surface area contributed by atoms with Gasteiger partial charge in [0.2, 0.25) is 10.0 Å². The average Bonchev–Trinajstić information content (AvgIpc) is 2.90. The molecule has 0 spiro atoms. The standard InChI is InChI=1S/C23H29N5O6S2/c1-32-22-5-2-17(14-21(22)29)16-24-26-23(35)25-19-15-18(36(30,31)28-8-12-34-13-9-28)3-4-20(19)27-6-10-33-11-7-27/h2-5,14-16,29H,6-13H2,1H3,(H2,25,26,35)/b24-16-. The molecule has 0 saturated carbocycles. The number of phenols is 1. The fourth-order valence-corrected chi connectivity index (χ4v) is 5.49. The minimum atomic E-state index is -3.69. The first-order valence-electron chi connectivity index (χ1n) is 11.4. The number of anilines is 2. The first kappa shape index (κ1) is 26.1. The normalized spacial score (nSPS) is 17.2. The smallest absolute Gasteiger partial charge is 0.243 e. The second kappa shape index (κ2) is 11.8. The Labute approximate surface area is 215 Å². The number of morpholine rings is 2. The summed E-state index contributed by atoms with van der Waals surface area (Å²) in [5.41, 5.74) is 4.73. The summed E-state index contributed by atoms with van der Waals surface area (Å²) in [4.78, 5) is 2.28. The number of hydrogen-bond donors (Lipinski definition) is 3. The van der Waals surface area contributed by atoms with Crippen molar-refractivity contribution in [3.8, 4) is 11.5 Å². The predicted molar refractivity (Wildman–Crippen MR) is 141 cm³/mol. The van der Waals surface area contributed by atoms with Gasteiger partial charge in [0.05, 0.1) is 56.0 Å². The van der Waals surface area contributed by atoms with E-state index in [0.29, 0.717) is 69.6 Å². The second-order valence-electron chi connectivity index (χ2n) is 8.05. The first-order chi connectivity index (χ1) is 17.4. The van der Waals surface area contributed by atoms with E-state index in [4.69, 9.17) is 26.4 Å². The number of nitrogens with zero attached hydrogens (tertiary/aromatic N) is 3.